The smallest absolute Gasteiger partial charge is 0.303 e. The number of aliphatic carboxylic acids is 1. The number of aliphatic hydroxyl groups excluding tert-OH is 1. The van der Waals surface area contributed by atoms with Crippen LogP contribution in [-0.4, -0.2) is 87.9 Å². The number of carboxylic acid groups (broad SMARTS) is 1. The van der Waals surface area contributed by atoms with Crippen LogP contribution in [0.4, 0.5) is 0 Å². The van der Waals surface area contributed by atoms with E-state index >= 15 is 0 Å². The maximum Gasteiger partial charge on any atom is 0.303 e. The van der Waals surface area contributed by atoms with Crippen molar-refractivity contribution in [1.82, 2.24) is 26.6 Å². The predicted octanol–water partition coefficient (Wildman–Crippen LogP) is -1.73. The minimum absolute atomic E-state index is 0.0192. The predicted molar refractivity (Wildman–Crippen MR) is 148 cm³/mol. The zero-order valence-corrected chi connectivity index (χ0v) is 24.8. The van der Waals surface area contributed by atoms with Crippen molar-refractivity contribution >= 4 is 41.4 Å². The third-order valence-electron chi connectivity index (χ3n) is 6.06. The van der Waals surface area contributed by atoms with Gasteiger partial charge in [-0.1, -0.05) is 27.7 Å². The molecule has 0 unspecified atom stereocenters. The van der Waals surface area contributed by atoms with E-state index in [0.717, 1.165) is 0 Å². The Kier molecular flexibility index (Phi) is 16.2. The standard InChI is InChI=1S/C26H46N6O9/c1-12(2)10-18(31-26(41)22(13(3)4)32-24(39)15(6)28-16(7)33)19(34)11-20(35)30-17(8-9-21(36)37)25(40)29-14(5)23(27)38/h12-15,17-19,22,34H,8-11H2,1-7H3,(H2,27,38)(H,28,33)(H,29,40)(H,30,35)(H,31,41)(H,32,39)(H,36,37)/t14-,15-,17-,18-,19-,22-/m0/s1. The Morgan fingerprint density at radius 2 is 1.34 bits per heavy atom. The van der Waals surface area contributed by atoms with E-state index in [4.69, 9.17) is 10.8 Å². The zero-order valence-electron chi connectivity index (χ0n) is 24.8. The Hall–Kier alpha value is -3.75. The number of hydrogen-bond donors (Lipinski definition) is 8. The van der Waals surface area contributed by atoms with Gasteiger partial charge in [0.15, 0.2) is 0 Å². The summed E-state index contributed by atoms with van der Waals surface area (Å²) in [5, 5.41) is 32.3. The van der Waals surface area contributed by atoms with Crippen LogP contribution < -0.4 is 32.3 Å². The van der Waals surface area contributed by atoms with Crippen molar-refractivity contribution in [2.75, 3.05) is 0 Å². The molecule has 0 aromatic heterocycles. The van der Waals surface area contributed by atoms with Gasteiger partial charge in [0.1, 0.15) is 24.2 Å². The number of amides is 6. The molecule has 0 spiro atoms. The number of aliphatic hydroxyl groups is 1. The lowest BCUT2D eigenvalue weighted by atomic mass is 9.95. The average Bonchev–Trinajstić information content (AvgIpc) is 2.82. The average molecular weight is 587 g/mol. The molecule has 0 fully saturated rings. The Balaban J connectivity index is 5.59. The molecule has 6 amide bonds. The highest BCUT2D eigenvalue weighted by Gasteiger charge is 2.32. The highest BCUT2D eigenvalue weighted by molar-refractivity contribution is 5.93. The van der Waals surface area contributed by atoms with Gasteiger partial charge in [-0.2, -0.15) is 0 Å². The van der Waals surface area contributed by atoms with Crippen LogP contribution in [0.5, 0.6) is 0 Å². The monoisotopic (exact) mass is 586 g/mol. The minimum atomic E-state index is -1.41. The van der Waals surface area contributed by atoms with Gasteiger partial charge >= 0.3 is 5.97 Å². The van der Waals surface area contributed by atoms with Crippen LogP contribution in [0.25, 0.3) is 0 Å². The van der Waals surface area contributed by atoms with Gasteiger partial charge in [0.05, 0.1) is 18.6 Å². The third-order valence-corrected chi connectivity index (χ3v) is 6.06. The lowest BCUT2D eigenvalue weighted by Crippen LogP contribution is -2.57. The number of carbonyl (C=O) groups is 7. The summed E-state index contributed by atoms with van der Waals surface area (Å²) in [6.07, 6.45) is -2.43. The summed E-state index contributed by atoms with van der Waals surface area (Å²) in [4.78, 5) is 84.5. The van der Waals surface area contributed by atoms with E-state index in [-0.39, 0.29) is 24.7 Å². The van der Waals surface area contributed by atoms with E-state index < -0.39 is 90.6 Å². The molecule has 15 heteroatoms. The molecule has 0 saturated heterocycles. The maximum atomic E-state index is 13.1. The zero-order chi connectivity index (χ0) is 32.0. The molecular formula is C26H46N6O9. The first-order valence-electron chi connectivity index (χ1n) is 13.5. The summed E-state index contributed by atoms with van der Waals surface area (Å²) in [6.45, 7) is 11.1. The summed E-state index contributed by atoms with van der Waals surface area (Å²) in [7, 11) is 0. The van der Waals surface area contributed by atoms with E-state index in [1.165, 1.54) is 20.8 Å². The molecule has 41 heavy (non-hydrogen) atoms. The van der Waals surface area contributed by atoms with Gasteiger partial charge in [-0.05, 0) is 38.5 Å². The number of hydrogen-bond acceptors (Lipinski definition) is 8. The van der Waals surface area contributed by atoms with Gasteiger partial charge < -0.3 is 42.5 Å². The summed E-state index contributed by atoms with van der Waals surface area (Å²) >= 11 is 0. The second-order valence-corrected chi connectivity index (χ2v) is 10.9. The first-order valence-corrected chi connectivity index (χ1v) is 13.5. The fourth-order valence-electron chi connectivity index (χ4n) is 3.78. The molecule has 0 heterocycles. The Morgan fingerprint density at radius 3 is 1.80 bits per heavy atom. The second kappa shape index (κ2) is 17.8. The fourth-order valence-corrected chi connectivity index (χ4v) is 3.78. The number of nitrogens with two attached hydrogens (primary N) is 1. The molecule has 0 aliphatic carbocycles. The molecule has 9 N–H and O–H groups in total. The van der Waals surface area contributed by atoms with Gasteiger partial charge in [-0.15, -0.1) is 0 Å². The normalized spacial score (nSPS) is 15.5. The highest BCUT2D eigenvalue weighted by Crippen LogP contribution is 2.13. The van der Waals surface area contributed by atoms with Crippen molar-refractivity contribution in [3.05, 3.63) is 0 Å². The molecule has 0 bridgehead atoms. The summed E-state index contributed by atoms with van der Waals surface area (Å²) in [5.74, 6) is -5.64. The molecule has 0 aliphatic heterocycles. The molecule has 0 rings (SSSR count). The Bertz CT molecular complexity index is 956. The summed E-state index contributed by atoms with van der Waals surface area (Å²) < 4.78 is 0. The molecule has 15 nitrogen and oxygen atoms in total. The molecular weight excluding hydrogens is 540 g/mol. The third kappa shape index (κ3) is 15.0. The lowest BCUT2D eigenvalue weighted by molar-refractivity contribution is -0.138. The second-order valence-electron chi connectivity index (χ2n) is 10.9. The fraction of sp³-hybridized carbons (Fsp3) is 0.731. The Morgan fingerprint density at radius 1 is 0.756 bits per heavy atom. The number of nitrogens with one attached hydrogen (secondary N) is 5. The quantitative estimate of drug-likeness (QED) is 0.0908. The van der Waals surface area contributed by atoms with Crippen molar-refractivity contribution in [1.29, 1.82) is 0 Å². The largest absolute Gasteiger partial charge is 0.481 e. The van der Waals surface area contributed by atoms with E-state index in [1.54, 1.807) is 13.8 Å². The summed E-state index contributed by atoms with van der Waals surface area (Å²) in [5.41, 5.74) is 5.14. The van der Waals surface area contributed by atoms with Crippen LogP contribution in [0.15, 0.2) is 0 Å². The topological polar surface area (TPSA) is 246 Å². The van der Waals surface area contributed by atoms with Crippen LogP contribution in [-0.2, 0) is 33.6 Å². The molecule has 234 valence electrons. The van der Waals surface area contributed by atoms with Crippen molar-refractivity contribution < 1.29 is 43.8 Å². The molecule has 0 radical (unpaired) electrons. The van der Waals surface area contributed by atoms with E-state index in [9.17, 15) is 38.7 Å². The van der Waals surface area contributed by atoms with Crippen LogP contribution in [0.2, 0.25) is 0 Å². The van der Waals surface area contributed by atoms with Crippen molar-refractivity contribution in [2.24, 2.45) is 17.6 Å². The van der Waals surface area contributed by atoms with Gasteiger partial charge in [0, 0.05) is 13.3 Å². The SMILES string of the molecule is CC(=O)N[C@@H](C)C(=O)N[C@H](C(=O)N[C@@H](CC(C)C)[C@@H](O)CC(=O)N[C@@H](CCC(=O)O)C(=O)N[C@@H](C)C(N)=O)C(C)C. The van der Waals surface area contributed by atoms with Crippen LogP contribution in [0.3, 0.4) is 0 Å². The van der Waals surface area contributed by atoms with Crippen LogP contribution in [0, 0.1) is 11.8 Å². The Labute approximate surface area is 240 Å². The minimum Gasteiger partial charge on any atom is -0.481 e. The molecule has 0 saturated carbocycles. The van der Waals surface area contributed by atoms with Gasteiger partial charge in [0.2, 0.25) is 35.4 Å². The van der Waals surface area contributed by atoms with Crippen LogP contribution >= 0.6 is 0 Å². The van der Waals surface area contributed by atoms with Crippen molar-refractivity contribution in [3.8, 4) is 0 Å². The van der Waals surface area contributed by atoms with E-state index in [0.29, 0.717) is 0 Å². The molecule has 0 aromatic rings. The first-order chi connectivity index (χ1) is 18.8. The van der Waals surface area contributed by atoms with Crippen molar-refractivity contribution in [2.45, 2.75) is 110 Å². The van der Waals surface area contributed by atoms with Gasteiger partial charge in [0.25, 0.3) is 0 Å². The number of rotatable bonds is 18. The molecule has 6 atom stereocenters. The van der Waals surface area contributed by atoms with Crippen LogP contribution in [0.1, 0.15) is 74.1 Å². The molecule has 0 aliphatic rings. The number of primary amides is 1. The highest BCUT2D eigenvalue weighted by atomic mass is 16.4. The van der Waals surface area contributed by atoms with E-state index in [1.807, 2.05) is 13.8 Å². The van der Waals surface area contributed by atoms with E-state index in [2.05, 4.69) is 26.6 Å². The lowest BCUT2D eigenvalue weighted by Gasteiger charge is -2.30. The summed E-state index contributed by atoms with van der Waals surface area (Å²) in [6, 6.07) is -5.21. The number of carboxylic acids is 1. The van der Waals surface area contributed by atoms with Gasteiger partial charge in [-0.3, -0.25) is 33.6 Å². The van der Waals surface area contributed by atoms with Crippen molar-refractivity contribution in [3.63, 3.8) is 0 Å². The number of carbonyl (C=O) groups excluding carboxylic acids is 6. The molecule has 0 aromatic carbocycles. The maximum absolute atomic E-state index is 13.1. The van der Waals surface area contributed by atoms with Gasteiger partial charge in [-0.25, -0.2) is 0 Å². The first kappa shape index (κ1) is 37.2.